The topological polar surface area (TPSA) is 134 Å². The maximum atomic E-state index is 13.1. The fraction of sp³-hybridized carbons (Fsp3) is 0.472. The van der Waals surface area contributed by atoms with Gasteiger partial charge in [0.1, 0.15) is 17.9 Å². The predicted molar refractivity (Wildman–Crippen MR) is 175 cm³/mol. The van der Waals surface area contributed by atoms with Gasteiger partial charge in [0, 0.05) is 36.8 Å². The number of methoxy groups -OCH3 is 1. The molecule has 0 radical (unpaired) electrons. The predicted octanol–water partition coefficient (Wildman–Crippen LogP) is 5.60. The fourth-order valence-electron chi connectivity index (χ4n) is 5.34. The van der Waals surface area contributed by atoms with Crippen molar-refractivity contribution in [2.24, 2.45) is 5.92 Å². The van der Waals surface area contributed by atoms with Crippen LogP contribution in [0.4, 0.5) is 5.69 Å². The first-order valence-corrected chi connectivity index (χ1v) is 15.8. The number of aliphatic hydroxyl groups is 1. The molecule has 1 aliphatic heterocycles. The van der Waals surface area contributed by atoms with Crippen LogP contribution in [0.1, 0.15) is 71.3 Å². The second-order valence-electron chi connectivity index (χ2n) is 11.8. The van der Waals surface area contributed by atoms with E-state index < -0.39 is 36.2 Å². The third kappa shape index (κ3) is 11.8. The molecule has 4 N–H and O–H groups in total. The minimum Gasteiger partial charge on any atom is -0.508 e. The molecule has 45 heavy (non-hydrogen) atoms. The van der Waals surface area contributed by atoms with Gasteiger partial charge in [-0.2, -0.15) is 0 Å². The van der Waals surface area contributed by atoms with Gasteiger partial charge in [-0.25, -0.2) is 4.79 Å². The highest BCUT2D eigenvalue weighted by molar-refractivity contribution is 5.96. The summed E-state index contributed by atoms with van der Waals surface area (Å²) < 4.78 is 11.3. The second kappa shape index (κ2) is 18.1. The van der Waals surface area contributed by atoms with Crippen molar-refractivity contribution in [2.45, 2.75) is 96.5 Å². The molecule has 9 nitrogen and oxygen atoms in total. The number of hydrogen-bond acceptors (Lipinski definition) is 7. The van der Waals surface area contributed by atoms with Crippen LogP contribution in [0.25, 0.3) is 0 Å². The van der Waals surface area contributed by atoms with E-state index in [1.807, 2.05) is 50.3 Å². The molecule has 0 aromatic heterocycles. The van der Waals surface area contributed by atoms with E-state index in [2.05, 4.69) is 10.6 Å². The van der Waals surface area contributed by atoms with Gasteiger partial charge in [0.25, 0.3) is 0 Å². The molecular formula is C36H48N2O7. The molecule has 0 saturated heterocycles. The number of allylic oxidation sites excluding steroid dienone is 6. The van der Waals surface area contributed by atoms with Crippen molar-refractivity contribution >= 4 is 23.5 Å². The molecule has 2 aliphatic rings. The lowest BCUT2D eigenvalue weighted by molar-refractivity contribution is -0.156. The average Bonchev–Trinajstić information content (AvgIpc) is 3.01. The van der Waals surface area contributed by atoms with E-state index in [0.29, 0.717) is 36.9 Å². The smallest absolute Gasteiger partial charge is 0.328 e. The zero-order valence-corrected chi connectivity index (χ0v) is 26.8. The normalized spacial score (nSPS) is 27.6. The van der Waals surface area contributed by atoms with Crippen molar-refractivity contribution in [3.63, 3.8) is 0 Å². The lowest BCUT2D eigenvalue weighted by Crippen LogP contribution is -2.43. The van der Waals surface area contributed by atoms with Crippen LogP contribution in [0.2, 0.25) is 0 Å². The summed E-state index contributed by atoms with van der Waals surface area (Å²) in [5.41, 5.74) is 2.75. The van der Waals surface area contributed by atoms with Gasteiger partial charge in [-0.15, -0.1) is 0 Å². The molecular weight excluding hydrogens is 572 g/mol. The Kier molecular flexibility index (Phi) is 14.3. The summed E-state index contributed by atoms with van der Waals surface area (Å²) in [7, 11) is 1.53. The quantitative estimate of drug-likeness (QED) is 0.249. The van der Waals surface area contributed by atoms with E-state index in [9.17, 15) is 24.6 Å². The summed E-state index contributed by atoms with van der Waals surface area (Å²) in [4.78, 5) is 38.4. The number of aliphatic hydroxyl groups excluding tert-OH is 1. The number of amides is 2. The molecule has 0 spiro atoms. The number of anilines is 1. The van der Waals surface area contributed by atoms with Crippen LogP contribution in [0.3, 0.4) is 0 Å². The van der Waals surface area contributed by atoms with Crippen LogP contribution in [0, 0.1) is 5.92 Å². The Morgan fingerprint density at radius 2 is 1.82 bits per heavy atom. The summed E-state index contributed by atoms with van der Waals surface area (Å²) in [6.07, 6.45) is 17.9. The van der Waals surface area contributed by atoms with Crippen LogP contribution >= 0.6 is 0 Å². The molecule has 244 valence electrons. The van der Waals surface area contributed by atoms with Crippen LogP contribution in [0.15, 0.2) is 78.0 Å². The summed E-state index contributed by atoms with van der Waals surface area (Å²) in [6.45, 7) is 5.28. The summed E-state index contributed by atoms with van der Waals surface area (Å²) in [5, 5.41) is 27.1. The minimum atomic E-state index is -0.883. The van der Waals surface area contributed by atoms with Gasteiger partial charge in [-0.3, -0.25) is 9.59 Å². The molecule has 3 rings (SSSR count). The van der Waals surface area contributed by atoms with Crippen LogP contribution in [0.5, 0.6) is 5.75 Å². The average molecular weight is 621 g/mol. The molecule has 1 aromatic carbocycles. The number of phenols is 1. The highest BCUT2D eigenvalue weighted by Gasteiger charge is 2.30. The highest BCUT2D eigenvalue weighted by Crippen LogP contribution is 2.25. The van der Waals surface area contributed by atoms with Gasteiger partial charge in [-0.1, -0.05) is 55.5 Å². The molecule has 1 aromatic rings. The number of benzene rings is 1. The Balaban J connectivity index is 1.80. The summed E-state index contributed by atoms with van der Waals surface area (Å²) >= 11 is 0. The molecule has 2 bridgehead atoms. The Morgan fingerprint density at radius 1 is 1.04 bits per heavy atom. The Hall–Kier alpha value is -3.95. The monoisotopic (exact) mass is 620 g/mol. The maximum absolute atomic E-state index is 13.1. The second-order valence-corrected chi connectivity index (χ2v) is 11.8. The van der Waals surface area contributed by atoms with E-state index in [4.69, 9.17) is 9.47 Å². The van der Waals surface area contributed by atoms with E-state index in [1.54, 1.807) is 31.2 Å². The van der Waals surface area contributed by atoms with Crippen molar-refractivity contribution in [1.29, 1.82) is 0 Å². The third-order valence-corrected chi connectivity index (χ3v) is 8.12. The van der Waals surface area contributed by atoms with Crippen LogP contribution in [-0.2, 0) is 30.3 Å². The fourth-order valence-corrected chi connectivity index (χ4v) is 5.34. The number of carbonyl (C=O) groups excluding carboxylic acids is 3. The number of phenolic OH excluding ortho intramolecular Hbond substituents is 1. The summed E-state index contributed by atoms with van der Waals surface area (Å²) in [6, 6.07) is 4.11. The first-order valence-electron chi connectivity index (χ1n) is 15.8. The largest absolute Gasteiger partial charge is 0.508 e. The molecule has 1 aliphatic carbocycles. The van der Waals surface area contributed by atoms with Crippen molar-refractivity contribution < 1.29 is 34.1 Å². The number of nitrogens with one attached hydrogen (secondary N) is 2. The lowest BCUT2D eigenvalue weighted by atomic mass is 9.90. The highest BCUT2D eigenvalue weighted by atomic mass is 16.5. The number of hydrogen-bond donors (Lipinski definition) is 4. The molecule has 0 fully saturated rings. The van der Waals surface area contributed by atoms with E-state index in [0.717, 1.165) is 30.4 Å². The standard InChI is InChI=1S/C36H48N2O7/c1-24-14-13-15-27-20-29(22-30(39)21-27)38-33(40)23-31(44-4)18-11-6-5-7-12-19-32(25(2)34(24)41)45-36(43)26(3)37-35(42)28-16-9-8-10-17-28/h5-7,11-12,14,16,18,20-22,25-26,31-32,34,39,41H,8-10,13,15,17,19,23H2,1-4H3,(H,37,42)(H,38,40)/b6-5-,12-7-,18-11-,24-14-/t25-,26-,31-,32-,34+/m0/s1. The molecule has 5 atom stereocenters. The number of aromatic hydroxyl groups is 1. The Bertz CT molecular complexity index is 1330. The first kappa shape index (κ1) is 35.5. The van der Waals surface area contributed by atoms with Crippen molar-refractivity contribution in [3.8, 4) is 5.75 Å². The van der Waals surface area contributed by atoms with Gasteiger partial charge in [0.05, 0.1) is 18.6 Å². The first-order chi connectivity index (χ1) is 21.6. The van der Waals surface area contributed by atoms with Crippen LogP contribution in [-0.4, -0.2) is 59.5 Å². The number of rotatable bonds is 5. The van der Waals surface area contributed by atoms with Gasteiger partial charge in [-0.05, 0) is 75.6 Å². The zero-order chi connectivity index (χ0) is 32.8. The summed E-state index contributed by atoms with van der Waals surface area (Å²) in [5.74, 6) is -1.45. The lowest BCUT2D eigenvalue weighted by Gasteiger charge is -2.29. The van der Waals surface area contributed by atoms with Crippen molar-refractivity contribution in [1.82, 2.24) is 5.32 Å². The molecule has 2 amide bonds. The van der Waals surface area contributed by atoms with Crippen molar-refractivity contribution in [3.05, 3.63) is 83.5 Å². The number of ether oxygens (including phenoxy) is 2. The van der Waals surface area contributed by atoms with Crippen molar-refractivity contribution in [2.75, 3.05) is 12.4 Å². The van der Waals surface area contributed by atoms with E-state index in [1.165, 1.54) is 13.2 Å². The molecule has 0 saturated carbocycles. The van der Waals surface area contributed by atoms with Gasteiger partial charge < -0.3 is 30.3 Å². The number of esters is 1. The van der Waals surface area contributed by atoms with Gasteiger partial charge in [0.2, 0.25) is 11.8 Å². The van der Waals surface area contributed by atoms with Gasteiger partial charge >= 0.3 is 5.97 Å². The number of carbonyl (C=O) groups is 3. The van der Waals surface area contributed by atoms with E-state index >= 15 is 0 Å². The van der Waals surface area contributed by atoms with Crippen LogP contribution < -0.4 is 10.6 Å². The molecule has 9 heteroatoms. The minimum absolute atomic E-state index is 0.0434. The zero-order valence-electron chi connectivity index (χ0n) is 26.8. The van der Waals surface area contributed by atoms with E-state index in [-0.39, 0.29) is 24.0 Å². The number of fused-ring (bicyclic) bond motifs is 2. The van der Waals surface area contributed by atoms with Gasteiger partial charge in [0.15, 0.2) is 0 Å². The number of aryl methyl sites for hydroxylation is 1. The Morgan fingerprint density at radius 3 is 2.56 bits per heavy atom. The SMILES string of the molecule is CO[C@H]1\C=C/C=C\C=C/C[C@H](OC(=O)[C@H](C)NC(=O)C2=CCCCC2)[C@H](C)[C@H](O)/C(C)=C\CCc2cc(O)cc(c2)NC(=O)C1. The molecule has 1 heterocycles. The molecule has 0 unspecified atom stereocenters. The Labute approximate surface area is 266 Å². The third-order valence-electron chi connectivity index (χ3n) is 8.12. The maximum Gasteiger partial charge on any atom is 0.328 e.